The van der Waals surface area contributed by atoms with Gasteiger partial charge in [-0.2, -0.15) is 13.2 Å². The Kier molecular flexibility index (Phi) is 3.91. The summed E-state index contributed by atoms with van der Waals surface area (Å²) in [5.74, 6) is 0.692. The molecule has 0 saturated heterocycles. The first kappa shape index (κ1) is 13.7. The first-order valence-corrected chi connectivity index (χ1v) is 5.21. The highest BCUT2D eigenvalue weighted by Crippen LogP contribution is 2.31. The normalized spacial score (nSPS) is 11.5. The minimum absolute atomic E-state index is 0.528. The first-order chi connectivity index (χ1) is 7.76. The third-order valence-corrected chi connectivity index (χ3v) is 2.73. The van der Waals surface area contributed by atoms with Crippen molar-refractivity contribution >= 4 is 5.69 Å². The molecule has 0 aromatic heterocycles. The van der Waals surface area contributed by atoms with E-state index in [2.05, 4.69) is 5.32 Å². The van der Waals surface area contributed by atoms with E-state index in [0.29, 0.717) is 11.4 Å². The van der Waals surface area contributed by atoms with Gasteiger partial charge in [-0.3, -0.25) is 0 Å². The van der Waals surface area contributed by atoms with Crippen LogP contribution in [0.4, 0.5) is 18.9 Å². The Morgan fingerprint density at radius 2 is 1.76 bits per heavy atom. The lowest BCUT2D eigenvalue weighted by molar-refractivity contribution is -0.115. The van der Waals surface area contributed by atoms with Gasteiger partial charge in [-0.25, -0.2) is 0 Å². The number of rotatable bonds is 3. The number of alkyl halides is 3. The average molecular weight is 247 g/mol. The summed E-state index contributed by atoms with van der Waals surface area (Å²) in [7, 11) is 1.55. The van der Waals surface area contributed by atoms with E-state index < -0.39 is 12.7 Å². The number of methoxy groups -OCH3 is 1. The summed E-state index contributed by atoms with van der Waals surface area (Å²) < 4.78 is 41.6. The molecule has 0 fully saturated rings. The van der Waals surface area contributed by atoms with Crippen LogP contribution in [0.2, 0.25) is 0 Å². The molecule has 0 saturated carbocycles. The van der Waals surface area contributed by atoms with Crippen LogP contribution in [0, 0.1) is 20.8 Å². The van der Waals surface area contributed by atoms with Crippen molar-refractivity contribution in [2.24, 2.45) is 0 Å². The Morgan fingerprint density at radius 3 is 2.24 bits per heavy atom. The Balaban J connectivity index is 3.05. The van der Waals surface area contributed by atoms with Crippen LogP contribution >= 0.6 is 0 Å². The highest BCUT2D eigenvalue weighted by atomic mass is 19.4. The standard InChI is InChI=1S/C12H16F3NO/c1-7-5-10(17-4)8(2)9(3)11(7)16-6-12(13,14)15/h5,16H,6H2,1-4H3. The summed E-state index contributed by atoms with van der Waals surface area (Å²) >= 11 is 0. The van der Waals surface area contributed by atoms with Gasteiger partial charge >= 0.3 is 6.18 Å². The highest BCUT2D eigenvalue weighted by Gasteiger charge is 2.27. The lowest BCUT2D eigenvalue weighted by Crippen LogP contribution is -2.22. The van der Waals surface area contributed by atoms with E-state index >= 15 is 0 Å². The molecular weight excluding hydrogens is 231 g/mol. The average Bonchev–Trinajstić information content (AvgIpc) is 2.21. The van der Waals surface area contributed by atoms with Gasteiger partial charge in [-0.05, 0) is 43.5 Å². The number of nitrogens with one attached hydrogen (secondary N) is 1. The number of hydrogen-bond donors (Lipinski definition) is 1. The fourth-order valence-electron chi connectivity index (χ4n) is 1.72. The number of halogens is 3. The fraction of sp³-hybridized carbons (Fsp3) is 0.500. The lowest BCUT2D eigenvalue weighted by Gasteiger charge is -2.18. The number of anilines is 1. The molecule has 96 valence electrons. The summed E-state index contributed by atoms with van der Waals surface area (Å²) in [6, 6.07) is 1.74. The summed E-state index contributed by atoms with van der Waals surface area (Å²) in [5.41, 5.74) is 2.91. The second-order valence-electron chi connectivity index (χ2n) is 3.99. The monoisotopic (exact) mass is 247 g/mol. The van der Waals surface area contributed by atoms with Gasteiger partial charge in [0.15, 0.2) is 0 Å². The largest absolute Gasteiger partial charge is 0.496 e. The molecule has 0 heterocycles. The molecule has 0 amide bonds. The fourth-order valence-corrected chi connectivity index (χ4v) is 1.72. The SMILES string of the molecule is COc1cc(C)c(NCC(F)(F)F)c(C)c1C. The Hall–Kier alpha value is -1.39. The molecule has 0 unspecified atom stereocenters. The molecule has 0 aliphatic rings. The van der Waals surface area contributed by atoms with Gasteiger partial charge in [-0.15, -0.1) is 0 Å². The maximum Gasteiger partial charge on any atom is 0.405 e. The van der Waals surface area contributed by atoms with E-state index in [0.717, 1.165) is 16.7 Å². The summed E-state index contributed by atoms with van der Waals surface area (Å²) in [6.07, 6.45) is -4.22. The zero-order chi connectivity index (χ0) is 13.2. The molecule has 1 rings (SSSR count). The van der Waals surface area contributed by atoms with Gasteiger partial charge in [-0.1, -0.05) is 0 Å². The predicted molar refractivity (Wildman–Crippen MR) is 61.7 cm³/mol. The van der Waals surface area contributed by atoms with E-state index in [-0.39, 0.29) is 0 Å². The number of hydrogen-bond acceptors (Lipinski definition) is 2. The number of ether oxygens (including phenoxy) is 1. The molecule has 0 spiro atoms. The second kappa shape index (κ2) is 4.85. The van der Waals surface area contributed by atoms with Crippen LogP contribution in [0.15, 0.2) is 6.07 Å². The van der Waals surface area contributed by atoms with Crippen molar-refractivity contribution in [2.45, 2.75) is 26.9 Å². The molecule has 1 aromatic carbocycles. The second-order valence-corrected chi connectivity index (χ2v) is 3.99. The number of aryl methyl sites for hydroxylation is 1. The number of benzene rings is 1. The third kappa shape index (κ3) is 3.28. The topological polar surface area (TPSA) is 21.3 Å². The van der Waals surface area contributed by atoms with E-state index in [1.807, 2.05) is 6.92 Å². The minimum atomic E-state index is -4.22. The van der Waals surface area contributed by atoms with E-state index in [4.69, 9.17) is 4.74 Å². The van der Waals surface area contributed by atoms with Gasteiger partial charge < -0.3 is 10.1 Å². The van der Waals surface area contributed by atoms with Crippen molar-refractivity contribution in [3.8, 4) is 5.75 Å². The third-order valence-electron chi connectivity index (χ3n) is 2.73. The van der Waals surface area contributed by atoms with Gasteiger partial charge in [0.2, 0.25) is 0 Å². The molecule has 0 atom stereocenters. The molecule has 0 bridgehead atoms. The summed E-state index contributed by atoms with van der Waals surface area (Å²) in [6.45, 7) is 4.34. The van der Waals surface area contributed by atoms with Crippen LogP contribution in [-0.4, -0.2) is 19.8 Å². The molecule has 2 nitrogen and oxygen atoms in total. The van der Waals surface area contributed by atoms with Crippen LogP contribution < -0.4 is 10.1 Å². The molecule has 5 heteroatoms. The highest BCUT2D eigenvalue weighted by molar-refractivity contribution is 5.63. The van der Waals surface area contributed by atoms with Gasteiger partial charge in [0.05, 0.1) is 7.11 Å². The van der Waals surface area contributed by atoms with Crippen LogP contribution in [0.25, 0.3) is 0 Å². The molecule has 0 aliphatic carbocycles. The van der Waals surface area contributed by atoms with Gasteiger partial charge in [0, 0.05) is 5.69 Å². The van der Waals surface area contributed by atoms with E-state index in [1.54, 1.807) is 27.0 Å². The minimum Gasteiger partial charge on any atom is -0.496 e. The van der Waals surface area contributed by atoms with Crippen molar-refractivity contribution in [1.29, 1.82) is 0 Å². The zero-order valence-electron chi connectivity index (χ0n) is 10.3. The maximum atomic E-state index is 12.2. The van der Waals surface area contributed by atoms with Crippen LogP contribution in [0.5, 0.6) is 5.75 Å². The van der Waals surface area contributed by atoms with Gasteiger partial charge in [0.1, 0.15) is 12.3 Å². The summed E-state index contributed by atoms with van der Waals surface area (Å²) in [5, 5.41) is 2.43. The maximum absolute atomic E-state index is 12.2. The van der Waals surface area contributed by atoms with Crippen molar-refractivity contribution < 1.29 is 17.9 Å². The van der Waals surface area contributed by atoms with Crippen molar-refractivity contribution in [2.75, 3.05) is 19.0 Å². The van der Waals surface area contributed by atoms with E-state index in [9.17, 15) is 13.2 Å². The zero-order valence-corrected chi connectivity index (χ0v) is 10.3. The van der Waals surface area contributed by atoms with Crippen LogP contribution in [-0.2, 0) is 0 Å². The van der Waals surface area contributed by atoms with Crippen LogP contribution in [0.3, 0.4) is 0 Å². The van der Waals surface area contributed by atoms with Crippen molar-refractivity contribution in [1.82, 2.24) is 0 Å². The molecule has 0 radical (unpaired) electrons. The van der Waals surface area contributed by atoms with Crippen LogP contribution in [0.1, 0.15) is 16.7 Å². The predicted octanol–water partition coefficient (Wildman–Crippen LogP) is 3.59. The first-order valence-electron chi connectivity index (χ1n) is 5.21. The smallest absolute Gasteiger partial charge is 0.405 e. The van der Waals surface area contributed by atoms with Crippen molar-refractivity contribution in [3.05, 3.63) is 22.8 Å². The molecular formula is C12H16F3NO. The molecule has 1 N–H and O–H groups in total. The van der Waals surface area contributed by atoms with Crippen molar-refractivity contribution in [3.63, 3.8) is 0 Å². The molecule has 0 aliphatic heterocycles. The Labute approximate surface area is 98.8 Å². The molecule has 1 aromatic rings. The Bertz CT molecular complexity index is 413. The van der Waals surface area contributed by atoms with Gasteiger partial charge in [0.25, 0.3) is 0 Å². The van der Waals surface area contributed by atoms with E-state index in [1.165, 1.54) is 0 Å². The molecule has 17 heavy (non-hydrogen) atoms. The lowest BCUT2D eigenvalue weighted by atomic mass is 10.0. The summed E-state index contributed by atoms with van der Waals surface area (Å²) in [4.78, 5) is 0. The quantitative estimate of drug-likeness (QED) is 0.881. The Morgan fingerprint density at radius 1 is 1.18 bits per heavy atom.